The van der Waals surface area contributed by atoms with Crippen molar-refractivity contribution in [3.05, 3.63) is 0 Å². The standard InChI is InChI=1S/C15H32N2O/c1-5-16-11-15(9-7-6-8-10-15)13-17(4)12-14(2,3)18/h16,18H,5-13H2,1-4H3. The molecule has 1 rings (SSSR count). The van der Waals surface area contributed by atoms with Crippen molar-refractivity contribution < 1.29 is 5.11 Å². The fraction of sp³-hybridized carbons (Fsp3) is 1.00. The van der Waals surface area contributed by atoms with Gasteiger partial charge in [0.25, 0.3) is 0 Å². The van der Waals surface area contributed by atoms with Gasteiger partial charge >= 0.3 is 0 Å². The summed E-state index contributed by atoms with van der Waals surface area (Å²) in [6, 6.07) is 0. The van der Waals surface area contributed by atoms with Crippen LogP contribution in [0.1, 0.15) is 52.9 Å². The van der Waals surface area contributed by atoms with Crippen molar-refractivity contribution in [2.45, 2.75) is 58.5 Å². The molecule has 3 heteroatoms. The minimum Gasteiger partial charge on any atom is -0.389 e. The first-order valence-electron chi connectivity index (χ1n) is 7.49. The zero-order chi connectivity index (χ0) is 13.6. The van der Waals surface area contributed by atoms with Gasteiger partial charge in [-0.2, -0.15) is 0 Å². The molecule has 1 aliphatic rings. The maximum atomic E-state index is 9.92. The Morgan fingerprint density at radius 3 is 2.33 bits per heavy atom. The molecule has 0 aliphatic heterocycles. The number of hydrogen-bond donors (Lipinski definition) is 2. The molecule has 0 aromatic carbocycles. The van der Waals surface area contributed by atoms with Gasteiger partial charge in [-0.15, -0.1) is 0 Å². The highest BCUT2D eigenvalue weighted by Crippen LogP contribution is 2.36. The lowest BCUT2D eigenvalue weighted by molar-refractivity contribution is 0.0231. The molecule has 108 valence electrons. The molecular weight excluding hydrogens is 224 g/mol. The van der Waals surface area contributed by atoms with Gasteiger partial charge in [-0.25, -0.2) is 0 Å². The molecule has 0 heterocycles. The van der Waals surface area contributed by atoms with Crippen LogP contribution in [0, 0.1) is 5.41 Å². The van der Waals surface area contributed by atoms with Crippen LogP contribution in [0.15, 0.2) is 0 Å². The number of likely N-dealkylation sites (N-methyl/N-ethyl adjacent to an activating group) is 1. The summed E-state index contributed by atoms with van der Waals surface area (Å²) in [6.45, 7) is 9.99. The number of rotatable bonds is 7. The minimum atomic E-state index is -0.594. The van der Waals surface area contributed by atoms with E-state index in [0.29, 0.717) is 5.41 Å². The summed E-state index contributed by atoms with van der Waals surface area (Å²) in [5.74, 6) is 0. The maximum absolute atomic E-state index is 9.92. The molecule has 0 aromatic rings. The van der Waals surface area contributed by atoms with Gasteiger partial charge in [-0.1, -0.05) is 26.2 Å². The van der Waals surface area contributed by atoms with Crippen molar-refractivity contribution in [2.75, 3.05) is 33.2 Å². The van der Waals surface area contributed by atoms with E-state index in [9.17, 15) is 5.11 Å². The fourth-order valence-corrected chi connectivity index (χ4v) is 3.37. The molecule has 1 aliphatic carbocycles. The first kappa shape index (κ1) is 15.9. The second-order valence-electron chi connectivity index (χ2n) is 6.83. The van der Waals surface area contributed by atoms with Crippen molar-refractivity contribution in [1.82, 2.24) is 10.2 Å². The van der Waals surface area contributed by atoms with E-state index in [1.54, 1.807) is 0 Å². The van der Waals surface area contributed by atoms with E-state index in [2.05, 4.69) is 24.2 Å². The smallest absolute Gasteiger partial charge is 0.0718 e. The summed E-state index contributed by atoms with van der Waals surface area (Å²) in [4.78, 5) is 2.31. The molecule has 1 saturated carbocycles. The molecule has 0 saturated heterocycles. The second-order valence-corrected chi connectivity index (χ2v) is 6.83. The van der Waals surface area contributed by atoms with Gasteiger partial charge in [-0.05, 0) is 45.7 Å². The van der Waals surface area contributed by atoms with Crippen LogP contribution < -0.4 is 5.32 Å². The Hall–Kier alpha value is -0.120. The largest absolute Gasteiger partial charge is 0.389 e. The molecule has 0 amide bonds. The third-order valence-corrected chi connectivity index (χ3v) is 3.93. The fourth-order valence-electron chi connectivity index (χ4n) is 3.37. The third-order valence-electron chi connectivity index (χ3n) is 3.93. The SMILES string of the molecule is CCNCC1(CN(C)CC(C)(C)O)CCCCC1. The lowest BCUT2D eigenvalue weighted by atomic mass is 9.73. The Labute approximate surface area is 113 Å². The first-order chi connectivity index (χ1) is 8.37. The van der Waals surface area contributed by atoms with Crippen LogP contribution in [0.25, 0.3) is 0 Å². The van der Waals surface area contributed by atoms with Crippen LogP contribution in [0.5, 0.6) is 0 Å². The summed E-state index contributed by atoms with van der Waals surface area (Å²) in [7, 11) is 2.14. The van der Waals surface area contributed by atoms with Gasteiger partial charge in [-0.3, -0.25) is 0 Å². The van der Waals surface area contributed by atoms with Gasteiger partial charge in [0.15, 0.2) is 0 Å². The molecule has 0 aromatic heterocycles. The monoisotopic (exact) mass is 256 g/mol. The molecule has 0 atom stereocenters. The summed E-state index contributed by atoms with van der Waals surface area (Å²) in [6.07, 6.45) is 6.78. The van der Waals surface area contributed by atoms with Crippen LogP contribution in [0.4, 0.5) is 0 Å². The molecule has 2 N–H and O–H groups in total. The predicted octanol–water partition coefficient (Wildman–Crippen LogP) is 2.25. The molecule has 0 spiro atoms. The van der Waals surface area contributed by atoms with Crippen LogP contribution in [0.2, 0.25) is 0 Å². The van der Waals surface area contributed by atoms with Gasteiger partial charge in [0.2, 0.25) is 0 Å². The third kappa shape index (κ3) is 5.68. The van der Waals surface area contributed by atoms with Crippen LogP contribution in [-0.4, -0.2) is 48.8 Å². The van der Waals surface area contributed by atoms with Crippen molar-refractivity contribution >= 4 is 0 Å². The van der Waals surface area contributed by atoms with Crippen LogP contribution in [-0.2, 0) is 0 Å². The van der Waals surface area contributed by atoms with E-state index in [1.807, 2.05) is 13.8 Å². The minimum absolute atomic E-state index is 0.425. The van der Waals surface area contributed by atoms with Gasteiger partial charge in [0.1, 0.15) is 0 Å². The normalized spacial score (nSPS) is 20.3. The van der Waals surface area contributed by atoms with E-state index in [-0.39, 0.29) is 0 Å². The summed E-state index contributed by atoms with van der Waals surface area (Å²) in [5, 5.41) is 13.5. The van der Waals surface area contributed by atoms with E-state index in [4.69, 9.17) is 0 Å². The number of aliphatic hydroxyl groups is 1. The Balaban J connectivity index is 2.54. The molecular formula is C15H32N2O. The summed E-state index contributed by atoms with van der Waals surface area (Å²) >= 11 is 0. The molecule has 0 unspecified atom stereocenters. The van der Waals surface area contributed by atoms with E-state index in [1.165, 1.54) is 32.1 Å². The van der Waals surface area contributed by atoms with Crippen molar-refractivity contribution in [3.63, 3.8) is 0 Å². The summed E-state index contributed by atoms with van der Waals surface area (Å²) < 4.78 is 0. The second kappa shape index (κ2) is 6.88. The molecule has 0 bridgehead atoms. The highest BCUT2D eigenvalue weighted by atomic mass is 16.3. The zero-order valence-electron chi connectivity index (χ0n) is 12.8. The van der Waals surface area contributed by atoms with E-state index in [0.717, 1.165) is 26.2 Å². The van der Waals surface area contributed by atoms with Gasteiger partial charge in [0, 0.05) is 19.6 Å². The average molecular weight is 256 g/mol. The first-order valence-corrected chi connectivity index (χ1v) is 7.49. The number of nitrogens with one attached hydrogen (secondary N) is 1. The van der Waals surface area contributed by atoms with E-state index >= 15 is 0 Å². The lowest BCUT2D eigenvalue weighted by Crippen LogP contribution is -2.47. The summed E-state index contributed by atoms with van der Waals surface area (Å²) in [5.41, 5.74) is -0.170. The Morgan fingerprint density at radius 1 is 1.22 bits per heavy atom. The Bertz CT molecular complexity index is 229. The van der Waals surface area contributed by atoms with Crippen LogP contribution in [0.3, 0.4) is 0 Å². The number of nitrogens with zero attached hydrogens (tertiary/aromatic N) is 1. The molecule has 18 heavy (non-hydrogen) atoms. The quantitative estimate of drug-likeness (QED) is 0.733. The zero-order valence-corrected chi connectivity index (χ0v) is 12.8. The Morgan fingerprint density at radius 2 is 1.83 bits per heavy atom. The van der Waals surface area contributed by atoms with Gasteiger partial charge < -0.3 is 15.3 Å². The molecule has 0 radical (unpaired) electrons. The molecule has 3 nitrogen and oxygen atoms in total. The average Bonchev–Trinajstić information content (AvgIpc) is 2.25. The Kier molecular flexibility index (Phi) is 6.09. The number of hydrogen-bond acceptors (Lipinski definition) is 3. The molecule has 1 fully saturated rings. The highest BCUT2D eigenvalue weighted by Gasteiger charge is 2.33. The van der Waals surface area contributed by atoms with Gasteiger partial charge in [0.05, 0.1) is 5.60 Å². The lowest BCUT2D eigenvalue weighted by Gasteiger charge is -2.41. The predicted molar refractivity (Wildman–Crippen MR) is 77.9 cm³/mol. The van der Waals surface area contributed by atoms with Crippen molar-refractivity contribution in [1.29, 1.82) is 0 Å². The van der Waals surface area contributed by atoms with Crippen LogP contribution >= 0.6 is 0 Å². The van der Waals surface area contributed by atoms with Crippen molar-refractivity contribution in [3.8, 4) is 0 Å². The maximum Gasteiger partial charge on any atom is 0.0718 e. The highest BCUT2D eigenvalue weighted by molar-refractivity contribution is 4.88. The van der Waals surface area contributed by atoms with E-state index < -0.39 is 5.60 Å². The van der Waals surface area contributed by atoms with Crippen molar-refractivity contribution in [2.24, 2.45) is 5.41 Å². The topological polar surface area (TPSA) is 35.5 Å².